The lowest BCUT2D eigenvalue weighted by molar-refractivity contribution is -0.131. The molecule has 36 heavy (non-hydrogen) atoms. The number of allylic oxidation sites excluding steroid dienone is 5. The smallest absolute Gasteiger partial charge is 0.337 e. The van der Waals surface area contributed by atoms with Gasteiger partial charge in [0.2, 0.25) is 0 Å². The molecule has 2 aromatic rings. The van der Waals surface area contributed by atoms with Gasteiger partial charge in [-0.1, -0.05) is 39.0 Å². The van der Waals surface area contributed by atoms with E-state index in [9.17, 15) is 9.59 Å². The molecule has 192 valence electrons. The maximum absolute atomic E-state index is 14.0. The summed E-state index contributed by atoms with van der Waals surface area (Å²) < 4.78 is 12.8. The largest absolute Gasteiger partial charge is 0.465 e. The fraction of sp³-hybridized carbons (Fsp3) is 0.467. The molecular weight excluding hydrogens is 452 g/mol. The summed E-state index contributed by atoms with van der Waals surface area (Å²) in [5.41, 5.74) is 8.07. The number of amides is 1. The Morgan fingerprint density at radius 2 is 1.81 bits per heavy atom. The Labute approximate surface area is 214 Å². The lowest BCUT2D eigenvalue weighted by Crippen LogP contribution is -2.42. The van der Waals surface area contributed by atoms with Crippen LogP contribution in [0.3, 0.4) is 0 Å². The second-order valence-corrected chi connectivity index (χ2v) is 9.50. The maximum Gasteiger partial charge on any atom is 0.337 e. The average molecular weight is 491 g/mol. The van der Waals surface area contributed by atoms with Crippen LogP contribution in [0.4, 0.5) is 0 Å². The van der Waals surface area contributed by atoms with E-state index in [-0.39, 0.29) is 11.9 Å². The van der Waals surface area contributed by atoms with Gasteiger partial charge in [0, 0.05) is 35.1 Å². The Hall–Kier alpha value is -3.12. The van der Waals surface area contributed by atoms with Crippen LogP contribution in [0, 0.1) is 0 Å². The number of benzene rings is 1. The zero-order valence-corrected chi connectivity index (χ0v) is 22.4. The molecule has 4 rings (SSSR count). The van der Waals surface area contributed by atoms with Crippen molar-refractivity contribution in [3.63, 3.8) is 0 Å². The molecule has 1 saturated heterocycles. The molecule has 6 heteroatoms. The summed E-state index contributed by atoms with van der Waals surface area (Å²) in [6, 6.07) is 5.81. The van der Waals surface area contributed by atoms with Crippen LogP contribution in [0.2, 0.25) is 0 Å². The third-order valence-corrected chi connectivity index (χ3v) is 7.67. The Kier molecular flexibility index (Phi) is 7.84. The molecule has 0 spiro atoms. The van der Waals surface area contributed by atoms with Gasteiger partial charge in [0.25, 0.3) is 5.91 Å². The Balaban J connectivity index is 2.05. The van der Waals surface area contributed by atoms with Gasteiger partial charge in [-0.05, 0) is 61.4 Å². The summed E-state index contributed by atoms with van der Waals surface area (Å²) in [5.74, 6) is 0.0252. The van der Waals surface area contributed by atoms with E-state index in [2.05, 4.69) is 51.3 Å². The SMILES string of the molecule is C/C=C1/C(CC)=C(C(=O)N2CCOCC2)Cn2c(c(C(C)CC)c3ccc(C(=O)OC)cc32)/C1=C/C. The predicted molar refractivity (Wildman–Crippen MR) is 144 cm³/mol. The predicted octanol–water partition coefficient (Wildman–Crippen LogP) is 5.87. The van der Waals surface area contributed by atoms with E-state index in [1.54, 1.807) is 0 Å². The average Bonchev–Trinajstić information content (AvgIpc) is 3.15. The van der Waals surface area contributed by atoms with Crippen LogP contribution in [0.15, 0.2) is 47.1 Å². The first-order valence-electron chi connectivity index (χ1n) is 13.1. The first-order chi connectivity index (χ1) is 17.4. The minimum absolute atomic E-state index is 0.0777. The Morgan fingerprint density at radius 1 is 1.11 bits per heavy atom. The minimum atomic E-state index is -0.360. The van der Waals surface area contributed by atoms with Crippen LogP contribution in [-0.4, -0.2) is 54.8 Å². The van der Waals surface area contributed by atoms with Crippen LogP contribution in [-0.2, 0) is 20.8 Å². The van der Waals surface area contributed by atoms with Crippen molar-refractivity contribution in [1.82, 2.24) is 9.47 Å². The quantitative estimate of drug-likeness (QED) is 0.492. The molecule has 2 aliphatic heterocycles. The topological polar surface area (TPSA) is 60.8 Å². The fourth-order valence-corrected chi connectivity index (χ4v) is 5.66. The number of morpholine rings is 1. The summed E-state index contributed by atoms with van der Waals surface area (Å²) in [4.78, 5) is 28.3. The van der Waals surface area contributed by atoms with E-state index in [0.717, 1.165) is 51.7 Å². The number of rotatable bonds is 5. The molecule has 1 aromatic heterocycles. The van der Waals surface area contributed by atoms with Gasteiger partial charge < -0.3 is 18.9 Å². The zero-order valence-electron chi connectivity index (χ0n) is 22.4. The van der Waals surface area contributed by atoms with Gasteiger partial charge in [-0.2, -0.15) is 0 Å². The molecule has 1 amide bonds. The number of aromatic nitrogens is 1. The molecule has 1 fully saturated rings. The molecular formula is C30H38N2O4. The first kappa shape index (κ1) is 26.0. The molecule has 0 radical (unpaired) electrons. The highest BCUT2D eigenvalue weighted by Crippen LogP contribution is 2.45. The van der Waals surface area contributed by atoms with E-state index in [4.69, 9.17) is 9.47 Å². The van der Waals surface area contributed by atoms with Crippen molar-refractivity contribution < 1.29 is 19.1 Å². The van der Waals surface area contributed by atoms with Crippen LogP contribution in [0.1, 0.15) is 75.0 Å². The highest BCUT2D eigenvalue weighted by molar-refractivity contribution is 6.03. The number of nitrogens with zero attached hydrogens (tertiary/aromatic N) is 2. The number of fused-ring (bicyclic) bond motifs is 3. The van der Waals surface area contributed by atoms with Gasteiger partial charge in [0.15, 0.2) is 0 Å². The highest BCUT2D eigenvalue weighted by Gasteiger charge is 2.33. The van der Waals surface area contributed by atoms with E-state index in [1.807, 2.05) is 23.1 Å². The highest BCUT2D eigenvalue weighted by atomic mass is 16.5. The van der Waals surface area contributed by atoms with Crippen molar-refractivity contribution in [2.45, 2.75) is 59.9 Å². The van der Waals surface area contributed by atoms with Crippen molar-refractivity contribution in [2.24, 2.45) is 0 Å². The molecule has 0 aliphatic carbocycles. The lowest BCUT2D eigenvalue weighted by atomic mass is 9.86. The number of ether oxygens (including phenoxy) is 2. The summed E-state index contributed by atoms with van der Waals surface area (Å²) in [6.45, 7) is 13.5. The van der Waals surface area contributed by atoms with Crippen molar-refractivity contribution >= 4 is 28.4 Å². The standard InChI is InChI=1S/C30H38N2O4/c1-7-19(5)27-24-12-11-20(30(34)35-6)17-26(24)32-18-25(29(33)31-13-15-36-16-14-31)22(9-3)21(8-2)23(10-4)28(27)32/h8,10-12,17,19H,7,9,13-16,18H2,1-6H3/b21-8-,23-10+. The molecule has 1 unspecified atom stereocenters. The number of carbonyl (C=O) groups is 2. The van der Waals surface area contributed by atoms with Crippen LogP contribution >= 0.6 is 0 Å². The summed E-state index contributed by atoms with van der Waals surface area (Å²) >= 11 is 0. The molecule has 3 heterocycles. The second kappa shape index (κ2) is 10.9. The van der Waals surface area contributed by atoms with Gasteiger partial charge in [-0.3, -0.25) is 4.79 Å². The number of methoxy groups -OCH3 is 1. The maximum atomic E-state index is 14.0. The van der Waals surface area contributed by atoms with Crippen molar-refractivity contribution in [3.05, 3.63) is 63.9 Å². The third kappa shape index (κ3) is 4.32. The Bertz CT molecular complexity index is 1270. The van der Waals surface area contributed by atoms with Gasteiger partial charge >= 0.3 is 5.97 Å². The first-order valence-corrected chi connectivity index (χ1v) is 13.1. The normalized spacial score (nSPS) is 19.6. The molecule has 2 aliphatic rings. The minimum Gasteiger partial charge on any atom is -0.465 e. The number of hydrogen-bond acceptors (Lipinski definition) is 4. The van der Waals surface area contributed by atoms with E-state index in [0.29, 0.717) is 44.3 Å². The van der Waals surface area contributed by atoms with Gasteiger partial charge in [-0.25, -0.2) is 4.79 Å². The van der Waals surface area contributed by atoms with Crippen LogP contribution in [0.25, 0.3) is 16.5 Å². The molecule has 0 saturated carbocycles. The van der Waals surface area contributed by atoms with E-state index in [1.165, 1.54) is 12.7 Å². The summed E-state index contributed by atoms with van der Waals surface area (Å²) in [7, 11) is 1.40. The third-order valence-electron chi connectivity index (χ3n) is 7.67. The van der Waals surface area contributed by atoms with Crippen molar-refractivity contribution in [1.29, 1.82) is 0 Å². The molecule has 1 atom stereocenters. The van der Waals surface area contributed by atoms with Gasteiger partial charge in [0.05, 0.1) is 38.1 Å². The van der Waals surface area contributed by atoms with Gasteiger partial charge in [-0.15, -0.1) is 0 Å². The second-order valence-electron chi connectivity index (χ2n) is 9.50. The summed E-state index contributed by atoms with van der Waals surface area (Å²) in [5, 5.41) is 1.12. The number of carbonyl (C=O) groups excluding carboxylic acids is 2. The summed E-state index contributed by atoms with van der Waals surface area (Å²) in [6.07, 6.45) is 6.07. The molecule has 0 N–H and O–H groups in total. The fourth-order valence-electron chi connectivity index (χ4n) is 5.66. The van der Waals surface area contributed by atoms with Crippen LogP contribution < -0.4 is 0 Å². The zero-order chi connectivity index (χ0) is 26.0. The lowest BCUT2D eigenvalue weighted by Gasteiger charge is -2.29. The van der Waals surface area contributed by atoms with Crippen molar-refractivity contribution in [3.8, 4) is 0 Å². The van der Waals surface area contributed by atoms with Gasteiger partial charge in [0.1, 0.15) is 0 Å². The molecule has 1 aromatic carbocycles. The molecule has 6 nitrogen and oxygen atoms in total. The monoisotopic (exact) mass is 490 g/mol. The van der Waals surface area contributed by atoms with Crippen LogP contribution in [0.5, 0.6) is 0 Å². The molecule has 0 bridgehead atoms. The number of hydrogen-bond donors (Lipinski definition) is 0. The van der Waals surface area contributed by atoms with E-state index < -0.39 is 0 Å². The Morgan fingerprint density at radius 3 is 2.39 bits per heavy atom. The number of esters is 1. The van der Waals surface area contributed by atoms with Crippen molar-refractivity contribution in [2.75, 3.05) is 33.4 Å². The van der Waals surface area contributed by atoms with E-state index >= 15 is 0 Å².